The van der Waals surface area contributed by atoms with Crippen LogP contribution in [0.3, 0.4) is 0 Å². The Hall–Kier alpha value is -0.480. The smallest absolute Gasteiger partial charge is 0.0347 e. The summed E-state index contributed by atoms with van der Waals surface area (Å²) < 4.78 is 14.9. The van der Waals surface area contributed by atoms with Gasteiger partial charge >= 0.3 is 0 Å². The van der Waals surface area contributed by atoms with E-state index in [4.69, 9.17) is 2.74 Å². The largest absolute Gasteiger partial charge is 0.129 e. The Labute approximate surface area is 61.1 Å². The van der Waals surface area contributed by atoms with E-state index in [0.717, 1.165) is 0 Å². The van der Waals surface area contributed by atoms with Gasteiger partial charge in [-0.1, -0.05) is 27.7 Å². The minimum Gasteiger partial charge on any atom is -0.129 e. The fraction of sp³-hybridized carbons (Fsp3) is 0.667. The Morgan fingerprint density at radius 3 is 1.67 bits per heavy atom. The van der Waals surface area contributed by atoms with Crippen LogP contribution in [0.15, 0.2) is 17.9 Å². The van der Waals surface area contributed by atoms with Crippen molar-refractivity contribution in [1.82, 2.24) is 0 Å². The van der Waals surface area contributed by atoms with Crippen LogP contribution in [0.2, 0.25) is 0 Å². The molecule has 0 unspecified atom stereocenters. The predicted molar refractivity (Wildman–Crippen MR) is 42.3 cm³/mol. The summed E-state index contributed by atoms with van der Waals surface area (Å²) in [7, 11) is 0. The Morgan fingerprint density at radius 2 is 1.44 bits per heavy atom. The molecule has 9 heavy (non-hydrogen) atoms. The minimum atomic E-state index is -0.582. The first-order valence-electron chi connectivity index (χ1n) is 4.15. The third-order valence-electron chi connectivity index (χ3n) is 0.744. The Balaban J connectivity index is 4.25. The molecule has 0 rings (SSSR count). The lowest BCUT2D eigenvalue weighted by Crippen LogP contribution is -1.76. The molecule has 0 radical (unpaired) electrons. The van der Waals surface area contributed by atoms with E-state index in [2.05, 4.69) is 5.73 Å². The molecule has 0 aromatic heterocycles. The highest BCUT2D eigenvalue weighted by Gasteiger charge is 1.81. The van der Waals surface area contributed by atoms with E-state index in [1.54, 1.807) is 39.8 Å². The van der Waals surface area contributed by atoms with Crippen LogP contribution in [0.5, 0.6) is 0 Å². The van der Waals surface area contributed by atoms with Crippen LogP contribution in [0, 0.1) is 11.8 Å². The molecule has 0 bridgehead atoms. The van der Waals surface area contributed by atoms with Crippen LogP contribution in [0.1, 0.15) is 30.4 Å². The normalized spacial score (nSPS) is 15.1. The van der Waals surface area contributed by atoms with Crippen molar-refractivity contribution >= 4 is 0 Å². The first-order valence-corrected chi connectivity index (χ1v) is 3.15. The minimum absolute atomic E-state index is 0.582. The Bertz CT molecular complexity index is 155. The predicted octanol–water partition coefficient (Wildman–Crippen LogP) is 3.01. The summed E-state index contributed by atoms with van der Waals surface area (Å²) in [6.07, 6.45) is 3.31. The van der Waals surface area contributed by atoms with Crippen molar-refractivity contribution < 1.29 is 2.74 Å². The monoisotopic (exact) mass is 126 g/mol. The molecule has 0 nitrogen and oxygen atoms in total. The number of hydrogen-bond acceptors (Lipinski definition) is 0. The average molecular weight is 126 g/mol. The van der Waals surface area contributed by atoms with Crippen molar-refractivity contribution in [3.63, 3.8) is 0 Å². The van der Waals surface area contributed by atoms with Gasteiger partial charge in [0.05, 0.1) is 0 Å². The molecular formula is C9H16. The van der Waals surface area contributed by atoms with Crippen molar-refractivity contribution in [2.24, 2.45) is 11.8 Å². The lowest BCUT2D eigenvalue weighted by molar-refractivity contribution is 0.818. The lowest BCUT2D eigenvalue weighted by Gasteiger charge is -1.89. The molecule has 0 amide bonds. The maximum absolute atomic E-state index is 7.44. The van der Waals surface area contributed by atoms with E-state index >= 15 is 0 Å². The highest BCUT2D eigenvalue weighted by atomic mass is 13.9. The van der Waals surface area contributed by atoms with Gasteiger partial charge in [-0.2, -0.15) is 0 Å². The molecule has 0 aliphatic heterocycles. The molecule has 0 aromatic carbocycles. The highest BCUT2D eigenvalue weighted by molar-refractivity contribution is 4.88. The van der Waals surface area contributed by atoms with Crippen LogP contribution >= 0.6 is 0 Å². The maximum Gasteiger partial charge on any atom is 0.0347 e. The van der Waals surface area contributed by atoms with Gasteiger partial charge < -0.3 is 0 Å². The average Bonchev–Trinajstić information content (AvgIpc) is 1.55. The first kappa shape index (κ1) is 5.32. The SMILES string of the molecule is [2H]C(C)(C)C=C=CC([2H])(C)C. The second-order valence-corrected chi connectivity index (χ2v) is 2.61. The quantitative estimate of drug-likeness (QED) is 0.499. The summed E-state index contributed by atoms with van der Waals surface area (Å²) in [5.74, 6) is -1.16. The van der Waals surface area contributed by atoms with Gasteiger partial charge in [0.25, 0.3) is 0 Å². The zero-order valence-electron chi connectivity index (χ0n) is 8.65. The van der Waals surface area contributed by atoms with Gasteiger partial charge in [-0.05, 0) is 23.9 Å². The number of allylic oxidation sites excluding steroid dienone is 1. The molecule has 0 fully saturated rings. The molecule has 0 aliphatic rings. The molecular weight excluding hydrogens is 108 g/mol. The van der Waals surface area contributed by atoms with E-state index in [0.29, 0.717) is 0 Å². The third kappa shape index (κ3) is 7.52. The molecule has 0 heteroatoms. The zero-order valence-corrected chi connectivity index (χ0v) is 6.65. The molecule has 0 spiro atoms. The van der Waals surface area contributed by atoms with Crippen molar-refractivity contribution in [3.8, 4) is 0 Å². The van der Waals surface area contributed by atoms with Gasteiger partial charge in [0, 0.05) is 2.74 Å². The van der Waals surface area contributed by atoms with E-state index in [-0.39, 0.29) is 0 Å². The van der Waals surface area contributed by atoms with Crippen LogP contribution < -0.4 is 0 Å². The summed E-state index contributed by atoms with van der Waals surface area (Å²) >= 11 is 0. The van der Waals surface area contributed by atoms with Crippen LogP contribution in [-0.4, -0.2) is 0 Å². The Morgan fingerprint density at radius 1 is 1.11 bits per heavy atom. The zero-order chi connectivity index (χ0) is 9.12. The number of rotatable bonds is 2. The van der Waals surface area contributed by atoms with Gasteiger partial charge in [-0.25, -0.2) is 0 Å². The van der Waals surface area contributed by atoms with Gasteiger partial charge in [-0.15, -0.1) is 5.73 Å². The van der Waals surface area contributed by atoms with Crippen molar-refractivity contribution in [1.29, 1.82) is 0 Å². The summed E-state index contributed by atoms with van der Waals surface area (Å²) in [5, 5.41) is 0. The molecule has 0 atom stereocenters. The van der Waals surface area contributed by atoms with Gasteiger partial charge in [0.1, 0.15) is 0 Å². The van der Waals surface area contributed by atoms with Gasteiger partial charge in [-0.3, -0.25) is 0 Å². The fourth-order valence-corrected chi connectivity index (χ4v) is 0.375. The van der Waals surface area contributed by atoms with Gasteiger partial charge in [0.2, 0.25) is 0 Å². The topological polar surface area (TPSA) is 0 Å². The highest BCUT2D eigenvalue weighted by Crippen LogP contribution is 1.94. The van der Waals surface area contributed by atoms with Gasteiger partial charge in [0.15, 0.2) is 0 Å². The van der Waals surface area contributed by atoms with E-state index in [1.165, 1.54) is 0 Å². The first-order chi connectivity index (χ1) is 4.71. The van der Waals surface area contributed by atoms with E-state index in [9.17, 15) is 0 Å². The second kappa shape index (κ2) is 4.40. The molecule has 0 heterocycles. The van der Waals surface area contributed by atoms with Crippen molar-refractivity contribution in [2.75, 3.05) is 0 Å². The maximum atomic E-state index is 7.44. The summed E-state index contributed by atoms with van der Waals surface area (Å²) in [6, 6.07) is 0. The molecule has 0 saturated carbocycles. The van der Waals surface area contributed by atoms with Crippen LogP contribution in [-0.2, 0) is 0 Å². The molecule has 0 aromatic rings. The number of hydrogen-bond donors (Lipinski definition) is 0. The second-order valence-electron chi connectivity index (χ2n) is 2.61. The van der Waals surface area contributed by atoms with Crippen molar-refractivity contribution in [2.45, 2.75) is 27.7 Å². The fourth-order valence-electron chi connectivity index (χ4n) is 0.375. The lowest BCUT2D eigenvalue weighted by atomic mass is 10.2. The molecule has 0 aliphatic carbocycles. The van der Waals surface area contributed by atoms with E-state index in [1.807, 2.05) is 0 Å². The molecule has 52 valence electrons. The van der Waals surface area contributed by atoms with E-state index < -0.39 is 11.8 Å². The third-order valence-corrected chi connectivity index (χ3v) is 0.744. The van der Waals surface area contributed by atoms with Crippen LogP contribution in [0.4, 0.5) is 0 Å². The molecule has 0 saturated heterocycles. The summed E-state index contributed by atoms with van der Waals surface area (Å²) in [5.41, 5.74) is 2.84. The summed E-state index contributed by atoms with van der Waals surface area (Å²) in [4.78, 5) is 0. The Kier molecular flexibility index (Phi) is 2.60. The molecule has 0 N–H and O–H groups in total. The van der Waals surface area contributed by atoms with Crippen LogP contribution in [0.25, 0.3) is 0 Å². The van der Waals surface area contributed by atoms with Crippen molar-refractivity contribution in [3.05, 3.63) is 17.9 Å². The standard InChI is InChI=1S/C9H16/c1-8(2)6-5-7-9(3)4/h6-9H,1-4H3/i8D,9D. The summed E-state index contributed by atoms with van der Waals surface area (Å²) in [6.45, 7) is 7.13.